The van der Waals surface area contributed by atoms with Crippen molar-refractivity contribution in [2.45, 2.75) is 50.4 Å². The second kappa shape index (κ2) is 5.71. The number of hydrogen-bond acceptors (Lipinski definition) is 4. The maximum atomic E-state index is 9.22. The van der Waals surface area contributed by atoms with Gasteiger partial charge in [0.2, 0.25) is 0 Å². The molecule has 16 heavy (non-hydrogen) atoms. The summed E-state index contributed by atoms with van der Waals surface area (Å²) in [5, 5.41) is 12.8. The summed E-state index contributed by atoms with van der Waals surface area (Å²) in [6.07, 6.45) is 4.14. The molecule has 0 aromatic rings. The lowest BCUT2D eigenvalue weighted by Gasteiger charge is -2.38. The molecule has 2 N–H and O–H groups in total. The first-order valence-electron chi connectivity index (χ1n) is 6.33. The average Bonchev–Trinajstić information content (AvgIpc) is 2.66. The van der Waals surface area contributed by atoms with Gasteiger partial charge in [-0.15, -0.1) is 0 Å². The van der Waals surface area contributed by atoms with Gasteiger partial charge in [0.25, 0.3) is 0 Å². The third-order valence-corrected chi connectivity index (χ3v) is 4.78. The topological polar surface area (TPSA) is 41.5 Å². The molecule has 0 bridgehead atoms. The monoisotopic (exact) mass is 245 g/mol. The minimum Gasteiger partial charge on any atom is -0.393 e. The van der Waals surface area contributed by atoms with Gasteiger partial charge in [0.15, 0.2) is 0 Å². The van der Waals surface area contributed by atoms with Crippen LogP contribution in [0.15, 0.2) is 0 Å². The number of aliphatic hydroxyl groups is 1. The van der Waals surface area contributed by atoms with E-state index in [9.17, 15) is 5.11 Å². The predicted octanol–water partition coefficient (Wildman–Crippen LogP) is 1.40. The van der Waals surface area contributed by atoms with Crippen LogP contribution in [-0.4, -0.2) is 47.5 Å². The minimum atomic E-state index is -0.191. The maximum Gasteiger partial charge on any atom is 0.0795 e. The second-order valence-corrected chi connectivity index (χ2v) is 6.22. The van der Waals surface area contributed by atoms with Crippen LogP contribution in [0.1, 0.15) is 32.6 Å². The van der Waals surface area contributed by atoms with Crippen molar-refractivity contribution in [3.63, 3.8) is 0 Å². The molecule has 1 spiro atoms. The predicted molar refractivity (Wildman–Crippen MR) is 67.9 cm³/mol. The number of rotatable bonds is 4. The normalized spacial score (nSPS) is 36.8. The van der Waals surface area contributed by atoms with Crippen molar-refractivity contribution in [1.82, 2.24) is 5.32 Å². The molecule has 3 atom stereocenters. The van der Waals surface area contributed by atoms with E-state index >= 15 is 0 Å². The Bertz CT molecular complexity index is 217. The standard InChI is InChI=1S/C12H23NO2S/c1-10(14)2-5-13-11-3-6-15-12(8-11)4-7-16-9-12/h10-11,13-14H,2-9H2,1H3. The molecule has 2 rings (SSSR count). The Balaban J connectivity index is 1.74. The average molecular weight is 245 g/mol. The molecule has 2 heterocycles. The number of ether oxygens (including phenoxy) is 1. The Morgan fingerprint density at radius 1 is 1.62 bits per heavy atom. The molecule has 0 aliphatic carbocycles. The van der Waals surface area contributed by atoms with E-state index in [0.717, 1.165) is 32.4 Å². The van der Waals surface area contributed by atoms with Crippen molar-refractivity contribution in [1.29, 1.82) is 0 Å². The molecule has 94 valence electrons. The van der Waals surface area contributed by atoms with Gasteiger partial charge < -0.3 is 15.2 Å². The highest BCUT2D eigenvalue weighted by molar-refractivity contribution is 7.99. The first-order chi connectivity index (χ1) is 7.70. The molecule has 2 fully saturated rings. The van der Waals surface area contributed by atoms with E-state index in [1.165, 1.54) is 17.9 Å². The van der Waals surface area contributed by atoms with Gasteiger partial charge in [0.05, 0.1) is 11.7 Å². The lowest BCUT2D eigenvalue weighted by molar-refractivity contribution is -0.0702. The van der Waals surface area contributed by atoms with E-state index < -0.39 is 0 Å². The molecular formula is C12H23NO2S. The lowest BCUT2D eigenvalue weighted by Crippen LogP contribution is -2.47. The highest BCUT2D eigenvalue weighted by Gasteiger charge is 2.40. The summed E-state index contributed by atoms with van der Waals surface area (Å²) in [6, 6.07) is 0.589. The van der Waals surface area contributed by atoms with Gasteiger partial charge >= 0.3 is 0 Å². The van der Waals surface area contributed by atoms with Crippen LogP contribution in [0, 0.1) is 0 Å². The van der Waals surface area contributed by atoms with Gasteiger partial charge in [-0.1, -0.05) is 0 Å². The number of aliphatic hydroxyl groups excluding tert-OH is 1. The van der Waals surface area contributed by atoms with Gasteiger partial charge in [-0.3, -0.25) is 0 Å². The zero-order valence-electron chi connectivity index (χ0n) is 10.1. The van der Waals surface area contributed by atoms with Crippen molar-refractivity contribution in [2.24, 2.45) is 0 Å². The molecule has 4 heteroatoms. The van der Waals surface area contributed by atoms with Crippen molar-refractivity contribution < 1.29 is 9.84 Å². The summed E-state index contributed by atoms with van der Waals surface area (Å²) in [5.74, 6) is 2.42. The number of hydrogen-bond donors (Lipinski definition) is 2. The van der Waals surface area contributed by atoms with E-state index in [2.05, 4.69) is 5.32 Å². The molecule has 0 aromatic heterocycles. The minimum absolute atomic E-state index is 0.172. The third-order valence-electron chi connectivity index (χ3n) is 3.56. The zero-order valence-corrected chi connectivity index (χ0v) is 10.9. The van der Waals surface area contributed by atoms with Crippen LogP contribution in [0.2, 0.25) is 0 Å². The molecule has 2 aliphatic heterocycles. The van der Waals surface area contributed by atoms with Crippen molar-refractivity contribution in [3.05, 3.63) is 0 Å². The van der Waals surface area contributed by atoms with E-state index in [1.54, 1.807) is 0 Å². The quantitative estimate of drug-likeness (QED) is 0.785. The third kappa shape index (κ3) is 3.36. The number of thioether (sulfide) groups is 1. The van der Waals surface area contributed by atoms with Crippen molar-refractivity contribution >= 4 is 11.8 Å². The smallest absolute Gasteiger partial charge is 0.0795 e. The SMILES string of the molecule is CC(O)CCNC1CCOC2(CCSC2)C1. The summed E-state index contributed by atoms with van der Waals surface area (Å²) in [5.41, 5.74) is 0.172. The highest BCUT2D eigenvalue weighted by Crippen LogP contribution is 2.38. The van der Waals surface area contributed by atoms with Crippen molar-refractivity contribution in [3.8, 4) is 0 Å². The Kier molecular flexibility index (Phi) is 4.53. The molecule has 3 unspecified atom stereocenters. The summed E-state index contributed by atoms with van der Waals surface area (Å²) in [4.78, 5) is 0. The van der Waals surface area contributed by atoms with E-state index in [-0.39, 0.29) is 11.7 Å². The van der Waals surface area contributed by atoms with E-state index in [0.29, 0.717) is 6.04 Å². The number of nitrogens with one attached hydrogen (secondary N) is 1. The molecule has 0 aromatic carbocycles. The molecule has 0 amide bonds. The van der Waals surface area contributed by atoms with Crippen LogP contribution in [0.4, 0.5) is 0 Å². The van der Waals surface area contributed by atoms with Crippen LogP contribution in [0.5, 0.6) is 0 Å². The molecule has 0 radical (unpaired) electrons. The summed E-state index contributed by atoms with van der Waals surface area (Å²) >= 11 is 2.02. The van der Waals surface area contributed by atoms with Crippen LogP contribution in [-0.2, 0) is 4.74 Å². The molecule has 2 saturated heterocycles. The Hall–Kier alpha value is 0.230. The first kappa shape index (κ1) is 12.7. The fourth-order valence-electron chi connectivity index (χ4n) is 2.56. The first-order valence-corrected chi connectivity index (χ1v) is 7.49. The lowest BCUT2D eigenvalue weighted by atomic mass is 9.90. The van der Waals surface area contributed by atoms with Gasteiger partial charge in [-0.25, -0.2) is 0 Å². The summed E-state index contributed by atoms with van der Waals surface area (Å²) in [6.45, 7) is 3.67. The van der Waals surface area contributed by atoms with E-state index in [4.69, 9.17) is 4.74 Å². The fraction of sp³-hybridized carbons (Fsp3) is 1.00. The van der Waals surface area contributed by atoms with Crippen LogP contribution >= 0.6 is 11.8 Å². The Morgan fingerprint density at radius 2 is 2.50 bits per heavy atom. The van der Waals surface area contributed by atoms with Crippen molar-refractivity contribution in [2.75, 3.05) is 24.7 Å². The largest absolute Gasteiger partial charge is 0.393 e. The summed E-state index contributed by atoms with van der Waals surface area (Å²) < 4.78 is 5.97. The molecule has 3 nitrogen and oxygen atoms in total. The van der Waals surface area contributed by atoms with E-state index in [1.807, 2.05) is 18.7 Å². The Morgan fingerprint density at radius 3 is 3.19 bits per heavy atom. The van der Waals surface area contributed by atoms with Gasteiger partial charge in [0, 0.05) is 18.4 Å². The van der Waals surface area contributed by atoms with Gasteiger partial charge in [0.1, 0.15) is 0 Å². The highest BCUT2D eigenvalue weighted by atomic mass is 32.2. The zero-order chi connectivity index (χ0) is 11.4. The maximum absolute atomic E-state index is 9.22. The van der Waals surface area contributed by atoms with Gasteiger partial charge in [-0.05, 0) is 44.9 Å². The van der Waals surface area contributed by atoms with Crippen LogP contribution < -0.4 is 5.32 Å². The summed E-state index contributed by atoms with van der Waals surface area (Å²) in [7, 11) is 0. The van der Waals surface area contributed by atoms with Crippen LogP contribution in [0.3, 0.4) is 0 Å². The second-order valence-electron chi connectivity index (χ2n) is 5.12. The van der Waals surface area contributed by atoms with Crippen LogP contribution in [0.25, 0.3) is 0 Å². The molecule has 0 saturated carbocycles. The fourth-order valence-corrected chi connectivity index (χ4v) is 3.94. The molecular weight excluding hydrogens is 222 g/mol. The molecule has 2 aliphatic rings. The Labute approximate surface area is 102 Å². The van der Waals surface area contributed by atoms with Gasteiger partial charge in [-0.2, -0.15) is 11.8 Å².